The molecule has 15 nitrogen and oxygen atoms in total. The van der Waals surface area contributed by atoms with Crippen LogP contribution in [0.2, 0.25) is 0 Å². The van der Waals surface area contributed by atoms with Gasteiger partial charge in [0.1, 0.15) is 42.0 Å². The van der Waals surface area contributed by atoms with Crippen LogP contribution in [0.5, 0.6) is 0 Å². The van der Waals surface area contributed by atoms with Gasteiger partial charge in [0, 0.05) is 19.3 Å². The number of H-pyrrole nitrogens is 1. The maximum absolute atomic E-state index is 12.7. The molecule has 0 aliphatic carbocycles. The highest BCUT2D eigenvalue weighted by molar-refractivity contribution is 5.85. The van der Waals surface area contributed by atoms with E-state index in [1.165, 1.54) is 25.5 Å². The number of ether oxygens (including phenoxy) is 1. The highest BCUT2D eigenvalue weighted by atomic mass is 16.5. The summed E-state index contributed by atoms with van der Waals surface area (Å²) >= 11 is 0. The Balaban J connectivity index is 1.33. The number of imidazole rings is 1. The monoisotopic (exact) mass is 649 g/mol. The highest BCUT2D eigenvalue weighted by Crippen LogP contribution is 2.26. The minimum atomic E-state index is -1.60. The fourth-order valence-corrected chi connectivity index (χ4v) is 5.52. The van der Waals surface area contributed by atoms with Crippen LogP contribution in [0.4, 0.5) is 5.82 Å². The summed E-state index contributed by atoms with van der Waals surface area (Å²) in [5.41, 5.74) is 0.775. The largest absolute Gasteiger partial charge is 0.394 e. The van der Waals surface area contributed by atoms with Crippen molar-refractivity contribution in [2.75, 3.05) is 18.5 Å². The standard InChI is InChI=1S/C31H51N7O8/c1-2-3-4-10-13-20(40)14-11-8-6-5-7-9-12-15-22(42)32-16-23(43)37-24-26(44)27(45)31(46-28(24)21(41)17-39)38-30-25-29(34-18-33-25)35-19-36-30/h18-19,21,24,26-28,31,39,41,44-45H,2-17H2,1H3,(H,32,42)(H,37,43)(H2,33,34,35,36,38)/t21?,24-,26-,27-,28+,31?/m1/s1. The number of carbonyl (C=O) groups is 3. The average molecular weight is 650 g/mol. The molecular weight excluding hydrogens is 598 g/mol. The van der Waals surface area contributed by atoms with Crippen LogP contribution in [0.15, 0.2) is 12.7 Å². The van der Waals surface area contributed by atoms with Crippen molar-refractivity contribution in [2.45, 2.75) is 134 Å². The number of ketones is 1. The van der Waals surface area contributed by atoms with Crippen molar-refractivity contribution in [3.05, 3.63) is 12.7 Å². The predicted molar refractivity (Wildman–Crippen MR) is 169 cm³/mol. The number of rotatable bonds is 22. The van der Waals surface area contributed by atoms with Crippen LogP contribution in [-0.2, 0) is 19.1 Å². The maximum Gasteiger partial charge on any atom is 0.239 e. The molecule has 2 aromatic rings. The molecule has 3 heterocycles. The van der Waals surface area contributed by atoms with Gasteiger partial charge in [-0.2, -0.15) is 0 Å². The number of unbranched alkanes of at least 4 members (excludes halogenated alkanes) is 9. The zero-order chi connectivity index (χ0) is 33.3. The third-order valence-electron chi connectivity index (χ3n) is 8.20. The van der Waals surface area contributed by atoms with Gasteiger partial charge in [-0.15, -0.1) is 0 Å². The second-order valence-electron chi connectivity index (χ2n) is 11.9. The van der Waals surface area contributed by atoms with Gasteiger partial charge in [0.05, 0.1) is 25.5 Å². The van der Waals surface area contributed by atoms with Crippen molar-refractivity contribution in [2.24, 2.45) is 0 Å². The van der Waals surface area contributed by atoms with E-state index in [0.717, 1.165) is 51.4 Å². The van der Waals surface area contributed by atoms with E-state index in [4.69, 9.17) is 4.74 Å². The van der Waals surface area contributed by atoms with E-state index in [0.29, 0.717) is 36.2 Å². The number of nitrogens with one attached hydrogen (secondary N) is 4. The minimum absolute atomic E-state index is 0.220. The van der Waals surface area contributed by atoms with Crippen molar-refractivity contribution in [3.63, 3.8) is 0 Å². The number of aromatic nitrogens is 4. The first-order valence-corrected chi connectivity index (χ1v) is 16.5. The van der Waals surface area contributed by atoms with Gasteiger partial charge in [-0.25, -0.2) is 15.0 Å². The van der Waals surface area contributed by atoms with Gasteiger partial charge in [0.15, 0.2) is 17.7 Å². The smallest absolute Gasteiger partial charge is 0.239 e. The molecule has 6 atom stereocenters. The molecule has 258 valence electrons. The molecular formula is C31H51N7O8. The van der Waals surface area contributed by atoms with E-state index in [9.17, 15) is 34.8 Å². The van der Waals surface area contributed by atoms with Gasteiger partial charge in [0.2, 0.25) is 11.8 Å². The van der Waals surface area contributed by atoms with E-state index < -0.39 is 49.2 Å². The van der Waals surface area contributed by atoms with Crippen molar-refractivity contribution < 1.29 is 39.5 Å². The lowest BCUT2D eigenvalue weighted by molar-refractivity contribution is -0.204. The van der Waals surface area contributed by atoms with Crippen molar-refractivity contribution in [3.8, 4) is 0 Å². The topological polar surface area (TPSA) is 232 Å². The summed E-state index contributed by atoms with van der Waals surface area (Å²) in [5.74, 6) is -0.363. The van der Waals surface area contributed by atoms with Crippen LogP contribution >= 0.6 is 0 Å². The van der Waals surface area contributed by atoms with E-state index in [1.807, 2.05) is 0 Å². The molecule has 1 aliphatic rings. The van der Waals surface area contributed by atoms with Crippen LogP contribution in [-0.4, -0.2) is 108 Å². The molecule has 1 saturated heterocycles. The number of nitrogens with zero attached hydrogens (tertiary/aromatic N) is 3. The SMILES string of the molecule is CCCCCCC(=O)CCCCCCCCCC(=O)NCC(=O)N[C@@H]1[C@@H](O)[C@@H](O)C(Nc2ncnc3nc[nH]c23)O[C@H]1C(O)CO. The molecule has 0 radical (unpaired) electrons. The summed E-state index contributed by atoms with van der Waals surface area (Å²) in [7, 11) is 0. The third kappa shape index (κ3) is 11.8. The lowest BCUT2D eigenvalue weighted by Crippen LogP contribution is -2.68. The summed E-state index contributed by atoms with van der Waals surface area (Å²) in [6.45, 7) is 1.05. The van der Waals surface area contributed by atoms with Gasteiger partial charge < -0.3 is 46.1 Å². The Bertz CT molecular complexity index is 1210. The molecule has 2 aromatic heterocycles. The number of amides is 2. The summed E-state index contributed by atoms with van der Waals surface area (Å²) in [6.07, 6.45) is 8.20. The molecule has 8 N–H and O–H groups in total. The quantitative estimate of drug-likeness (QED) is 0.0842. The van der Waals surface area contributed by atoms with Crippen LogP contribution < -0.4 is 16.0 Å². The van der Waals surface area contributed by atoms with E-state index in [2.05, 4.69) is 42.8 Å². The molecule has 1 fully saturated rings. The van der Waals surface area contributed by atoms with Crippen molar-refractivity contribution in [1.82, 2.24) is 30.6 Å². The number of hydrogen-bond acceptors (Lipinski definition) is 12. The van der Waals surface area contributed by atoms with Crippen molar-refractivity contribution >= 4 is 34.6 Å². The Morgan fingerprint density at radius 1 is 0.891 bits per heavy atom. The number of aromatic amines is 1. The lowest BCUT2D eigenvalue weighted by atomic mass is 9.92. The van der Waals surface area contributed by atoms with Crippen molar-refractivity contribution in [1.29, 1.82) is 0 Å². The Labute approximate surface area is 269 Å². The Morgan fingerprint density at radius 3 is 2.22 bits per heavy atom. The molecule has 0 aromatic carbocycles. The van der Waals surface area contributed by atoms with E-state index in [-0.39, 0.29) is 24.7 Å². The molecule has 0 bridgehead atoms. The second kappa shape index (κ2) is 20.1. The number of carbonyl (C=O) groups excluding carboxylic acids is 3. The number of aliphatic hydroxyl groups excluding tert-OH is 4. The van der Waals surface area contributed by atoms with Crippen LogP contribution in [0, 0.1) is 0 Å². The van der Waals surface area contributed by atoms with Gasteiger partial charge in [-0.05, 0) is 19.3 Å². The number of hydrogen-bond donors (Lipinski definition) is 8. The zero-order valence-electron chi connectivity index (χ0n) is 26.7. The van der Waals surface area contributed by atoms with Crippen LogP contribution in [0.25, 0.3) is 11.2 Å². The van der Waals surface area contributed by atoms with E-state index in [1.54, 1.807) is 0 Å². The Hall–Kier alpha value is -3.24. The Kier molecular flexibility index (Phi) is 16.3. The molecule has 2 unspecified atom stereocenters. The fraction of sp³-hybridized carbons (Fsp3) is 0.742. The summed E-state index contributed by atoms with van der Waals surface area (Å²) in [6, 6.07) is -1.29. The number of Topliss-reactive ketones (excluding diaryl/α,β-unsaturated/α-hetero) is 1. The molecule has 2 amide bonds. The first-order valence-electron chi connectivity index (χ1n) is 16.5. The molecule has 3 rings (SSSR count). The normalized spacial score (nSPS) is 22.0. The van der Waals surface area contributed by atoms with Crippen LogP contribution in [0.3, 0.4) is 0 Å². The summed E-state index contributed by atoms with van der Waals surface area (Å²) in [5, 5.41) is 49.5. The summed E-state index contributed by atoms with van der Waals surface area (Å²) in [4.78, 5) is 51.8. The number of fused-ring (bicyclic) bond motifs is 1. The molecule has 0 saturated carbocycles. The molecule has 0 spiro atoms. The van der Waals surface area contributed by atoms with Gasteiger partial charge >= 0.3 is 0 Å². The van der Waals surface area contributed by atoms with E-state index >= 15 is 0 Å². The second-order valence-corrected chi connectivity index (χ2v) is 11.9. The first-order chi connectivity index (χ1) is 22.2. The fourth-order valence-electron chi connectivity index (χ4n) is 5.52. The minimum Gasteiger partial charge on any atom is -0.394 e. The predicted octanol–water partition coefficient (Wildman–Crippen LogP) is 1.22. The molecule has 1 aliphatic heterocycles. The molecule has 15 heteroatoms. The van der Waals surface area contributed by atoms with Gasteiger partial charge in [-0.3, -0.25) is 14.4 Å². The molecule has 46 heavy (non-hydrogen) atoms. The Morgan fingerprint density at radius 2 is 1.54 bits per heavy atom. The highest BCUT2D eigenvalue weighted by Gasteiger charge is 2.48. The van der Waals surface area contributed by atoms with Crippen LogP contribution in [0.1, 0.15) is 96.8 Å². The number of anilines is 1. The van der Waals surface area contributed by atoms with Gasteiger partial charge in [0.25, 0.3) is 0 Å². The zero-order valence-corrected chi connectivity index (χ0v) is 26.7. The number of aliphatic hydroxyl groups is 4. The first kappa shape index (κ1) is 37.2. The van der Waals surface area contributed by atoms with Gasteiger partial charge in [-0.1, -0.05) is 58.3 Å². The third-order valence-corrected chi connectivity index (χ3v) is 8.20. The maximum atomic E-state index is 12.7. The average Bonchev–Trinajstić information content (AvgIpc) is 3.54. The lowest BCUT2D eigenvalue weighted by Gasteiger charge is -2.44. The summed E-state index contributed by atoms with van der Waals surface area (Å²) < 4.78 is 5.79.